The summed E-state index contributed by atoms with van der Waals surface area (Å²) in [6.07, 6.45) is 0. The molecule has 4 aromatic rings. The van der Waals surface area contributed by atoms with E-state index in [-0.39, 0.29) is 11.4 Å². The van der Waals surface area contributed by atoms with E-state index in [9.17, 15) is 9.90 Å². The third kappa shape index (κ3) is 3.92. The SMILES string of the molecule is O=c1oc2c(CN3CCN(c4ccccc4)CC3)c(O)ccc2cc1-c1ccccc1. The van der Waals surface area contributed by atoms with Crippen molar-refractivity contribution in [2.75, 3.05) is 31.1 Å². The van der Waals surface area contributed by atoms with E-state index in [4.69, 9.17) is 4.42 Å². The van der Waals surface area contributed by atoms with E-state index in [1.54, 1.807) is 12.1 Å². The topological polar surface area (TPSA) is 56.9 Å². The van der Waals surface area contributed by atoms with Gasteiger partial charge >= 0.3 is 5.63 Å². The summed E-state index contributed by atoms with van der Waals surface area (Å²) in [6.45, 7) is 4.11. The molecule has 0 atom stereocenters. The highest BCUT2D eigenvalue weighted by atomic mass is 16.4. The first-order valence-electron chi connectivity index (χ1n) is 10.6. The molecule has 1 N–H and O–H groups in total. The highest BCUT2D eigenvalue weighted by Crippen LogP contribution is 2.30. The molecule has 0 bridgehead atoms. The highest BCUT2D eigenvalue weighted by molar-refractivity contribution is 5.85. The number of benzene rings is 3. The zero-order valence-corrected chi connectivity index (χ0v) is 17.2. The van der Waals surface area contributed by atoms with Crippen molar-refractivity contribution in [3.8, 4) is 16.9 Å². The number of nitrogens with zero attached hydrogens (tertiary/aromatic N) is 2. The minimum Gasteiger partial charge on any atom is -0.507 e. The van der Waals surface area contributed by atoms with Gasteiger partial charge in [0.1, 0.15) is 11.3 Å². The molecule has 1 aliphatic heterocycles. The smallest absolute Gasteiger partial charge is 0.344 e. The zero-order chi connectivity index (χ0) is 21.2. The van der Waals surface area contributed by atoms with Crippen LogP contribution in [0.4, 0.5) is 5.69 Å². The van der Waals surface area contributed by atoms with Crippen LogP contribution in [0.3, 0.4) is 0 Å². The van der Waals surface area contributed by atoms with Crippen LogP contribution in [0, 0.1) is 0 Å². The van der Waals surface area contributed by atoms with Gasteiger partial charge in [0.15, 0.2) is 0 Å². The molecular weight excluding hydrogens is 388 g/mol. The van der Waals surface area contributed by atoms with Gasteiger partial charge < -0.3 is 14.4 Å². The van der Waals surface area contributed by atoms with Crippen LogP contribution in [-0.2, 0) is 6.54 Å². The van der Waals surface area contributed by atoms with Crippen LogP contribution in [0.5, 0.6) is 5.75 Å². The van der Waals surface area contributed by atoms with Crippen LogP contribution in [-0.4, -0.2) is 36.2 Å². The van der Waals surface area contributed by atoms with Crippen LogP contribution in [0.1, 0.15) is 5.56 Å². The Morgan fingerprint density at radius 1 is 0.839 bits per heavy atom. The second-order valence-corrected chi connectivity index (χ2v) is 7.89. The predicted octanol–water partition coefficient (Wildman–Crippen LogP) is 4.49. The molecule has 0 unspecified atom stereocenters. The number of para-hydroxylation sites is 1. The van der Waals surface area contributed by atoms with Gasteiger partial charge in [-0.05, 0) is 35.9 Å². The first-order chi connectivity index (χ1) is 15.2. The number of phenolic OH excluding ortho intramolecular Hbond substituents is 1. The molecule has 0 amide bonds. The summed E-state index contributed by atoms with van der Waals surface area (Å²) in [4.78, 5) is 17.4. The Labute approximate surface area is 180 Å². The zero-order valence-electron chi connectivity index (χ0n) is 17.2. The molecule has 0 saturated carbocycles. The molecule has 1 saturated heterocycles. The van der Waals surface area contributed by atoms with E-state index in [0.29, 0.717) is 23.3 Å². The third-order valence-corrected chi connectivity index (χ3v) is 5.94. The molecule has 2 heterocycles. The number of hydrogen-bond acceptors (Lipinski definition) is 5. The van der Waals surface area contributed by atoms with Gasteiger partial charge in [-0.2, -0.15) is 0 Å². The lowest BCUT2D eigenvalue weighted by atomic mass is 10.0. The molecule has 0 radical (unpaired) electrons. The molecule has 0 aliphatic carbocycles. The molecule has 156 valence electrons. The van der Waals surface area contributed by atoms with E-state index in [1.165, 1.54) is 5.69 Å². The van der Waals surface area contributed by atoms with Crippen molar-refractivity contribution >= 4 is 16.7 Å². The Bertz CT molecular complexity index is 1240. The van der Waals surface area contributed by atoms with E-state index >= 15 is 0 Å². The molecule has 0 spiro atoms. The summed E-state index contributed by atoms with van der Waals surface area (Å²) < 4.78 is 5.74. The minimum atomic E-state index is -0.389. The molecule has 1 aliphatic rings. The van der Waals surface area contributed by atoms with Crippen LogP contribution in [0.2, 0.25) is 0 Å². The van der Waals surface area contributed by atoms with Gasteiger partial charge in [-0.3, -0.25) is 4.90 Å². The van der Waals surface area contributed by atoms with Gasteiger partial charge in [-0.15, -0.1) is 0 Å². The normalized spacial score (nSPS) is 14.8. The average molecular weight is 412 g/mol. The fourth-order valence-corrected chi connectivity index (χ4v) is 4.23. The molecule has 5 rings (SSSR count). The van der Waals surface area contributed by atoms with Crippen LogP contribution in [0.25, 0.3) is 22.1 Å². The fraction of sp³-hybridized carbons (Fsp3) is 0.192. The quantitative estimate of drug-likeness (QED) is 0.501. The van der Waals surface area contributed by atoms with Crippen LogP contribution >= 0.6 is 0 Å². The van der Waals surface area contributed by atoms with Gasteiger partial charge in [0.25, 0.3) is 0 Å². The molecule has 3 aromatic carbocycles. The maximum absolute atomic E-state index is 12.7. The fourth-order valence-electron chi connectivity index (χ4n) is 4.23. The Morgan fingerprint density at radius 2 is 1.52 bits per heavy atom. The molecule has 1 fully saturated rings. The summed E-state index contributed by atoms with van der Waals surface area (Å²) in [5, 5.41) is 11.4. The van der Waals surface area contributed by atoms with Crippen molar-refractivity contribution in [2.45, 2.75) is 6.54 Å². The van der Waals surface area contributed by atoms with Gasteiger partial charge in [0, 0.05) is 43.8 Å². The van der Waals surface area contributed by atoms with Crippen molar-refractivity contribution in [2.24, 2.45) is 0 Å². The number of anilines is 1. The number of rotatable bonds is 4. The number of phenols is 1. The number of hydrogen-bond donors (Lipinski definition) is 1. The largest absolute Gasteiger partial charge is 0.507 e. The predicted molar refractivity (Wildman–Crippen MR) is 124 cm³/mol. The molecule has 5 heteroatoms. The Morgan fingerprint density at radius 3 is 2.23 bits per heavy atom. The lowest BCUT2D eigenvalue weighted by Gasteiger charge is -2.36. The van der Waals surface area contributed by atoms with Crippen molar-refractivity contribution in [3.63, 3.8) is 0 Å². The van der Waals surface area contributed by atoms with Gasteiger partial charge in [0.2, 0.25) is 0 Å². The maximum Gasteiger partial charge on any atom is 0.344 e. The Balaban J connectivity index is 1.41. The summed E-state index contributed by atoms with van der Waals surface area (Å²) in [6, 6.07) is 25.2. The third-order valence-electron chi connectivity index (χ3n) is 5.94. The number of aromatic hydroxyl groups is 1. The van der Waals surface area contributed by atoms with Crippen molar-refractivity contribution < 1.29 is 9.52 Å². The van der Waals surface area contributed by atoms with Crippen molar-refractivity contribution in [1.82, 2.24) is 4.90 Å². The Hall–Kier alpha value is -3.57. The summed E-state index contributed by atoms with van der Waals surface area (Å²) in [5.74, 6) is 0.161. The van der Waals surface area contributed by atoms with Crippen LogP contribution < -0.4 is 10.5 Å². The molecule has 1 aromatic heterocycles. The lowest BCUT2D eigenvalue weighted by molar-refractivity contribution is 0.246. The Kier molecular flexibility index (Phi) is 5.18. The summed E-state index contributed by atoms with van der Waals surface area (Å²) in [5.41, 5.74) is 3.33. The van der Waals surface area contributed by atoms with E-state index in [1.807, 2.05) is 42.5 Å². The van der Waals surface area contributed by atoms with Gasteiger partial charge in [-0.25, -0.2) is 4.79 Å². The maximum atomic E-state index is 12.7. The highest BCUT2D eigenvalue weighted by Gasteiger charge is 2.21. The number of fused-ring (bicyclic) bond motifs is 1. The molecule has 31 heavy (non-hydrogen) atoms. The monoisotopic (exact) mass is 412 g/mol. The standard InChI is InChI=1S/C26H24N2O3/c29-24-12-11-20-17-22(19-7-3-1-4-8-19)26(30)31-25(20)23(24)18-27-13-15-28(16-14-27)21-9-5-2-6-10-21/h1-12,17,29H,13-16,18H2. The second kappa shape index (κ2) is 8.28. The minimum absolute atomic E-state index is 0.161. The van der Waals surface area contributed by atoms with Gasteiger partial charge in [-0.1, -0.05) is 48.5 Å². The van der Waals surface area contributed by atoms with Crippen LogP contribution in [0.15, 0.2) is 88.1 Å². The second-order valence-electron chi connectivity index (χ2n) is 7.89. The van der Waals surface area contributed by atoms with E-state index < -0.39 is 0 Å². The first-order valence-corrected chi connectivity index (χ1v) is 10.6. The molecular formula is C26H24N2O3. The molecule has 5 nitrogen and oxygen atoms in total. The average Bonchev–Trinajstić information content (AvgIpc) is 2.82. The summed E-state index contributed by atoms with van der Waals surface area (Å²) >= 11 is 0. The van der Waals surface area contributed by atoms with Crippen molar-refractivity contribution in [3.05, 3.63) is 94.8 Å². The lowest BCUT2D eigenvalue weighted by Crippen LogP contribution is -2.46. The summed E-state index contributed by atoms with van der Waals surface area (Å²) in [7, 11) is 0. The van der Waals surface area contributed by atoms with Crippen molar-refractivity contribution in [1.29, 1.82) is 0 Å². The van der Waals surface area contributed by atoms with E-state index in [2.05, 4.69) is 34.1 Å². The first kappa shape index (κ1) is 19.4. The van der Waals surface area contributed by atoms with E-state index in [0.717, 1.165) is 37.1 Å². The van der Waals surface area contributed by atoms with Gasteiger partial charge in [0.05, 0.1) is 11.1 Å². The number of piperazine rings is 1.